The van der Waals surface area contributed by atoms with Crippen molar-refractivity contribution in [3.63, 3.8) is 0 Å². The number of hydrogen-bond donors (Lipinski definition) is 3. The lowest BCUT2D eigenvalue weighted by Crippen LogP contribution is -2.34. The SMILES string of the molecule is COc1ccc(C(=O)Nc2ccc(CN)c(CCN3CCC(c4c[nH]c5c(Cl)cccc45)CC3)c2)cc1. The van der Waals surface area contributed by atoms with Gasteiger partial charge in [0.05, 0.1) is 17.6 Å². The van der Waals surface area contributed by atoms with Crippen LogP contribution in [0.1, 0.15) is 45.8 Å². The first-order valence-electron chi connectivity index (χ1n) is 12.8. The molecule has 6 nitrogen and oxygen atoms in total. The maximum atomic E-state index is 12.7. The van der Waals surface area contributed by atoms with Crippen molar-refractivity contribution in [3.8, 4) is 5.75 Å². The molecule has 0 atom stereocenters. The van der Waals surface area contributed by atoms with Crippen LogP contribution >= 0.6 is 11.6 Å². The second-order valence-electron chi connectivity index (χ2n) is 9.64. The number of hydrogen-bond acceptors (Lipinski definition) is 4. The van der Waals surface area contributed by atoms with Gasteiger partial charge in [0.15, 0.2) is 0 Å². The average Bonchev–Trinajstić information content (AvgIpc) is 3.38. The zero-order valence-electron chi connectivity index (χ0n) is 21.1. The predicted molar refractivity (Wildman–Crippen MR) is 151 cm³/mol. The Kier molecular flexibility index (Phi) is 7.79. The summed E-state index contributed by atoms with van der Waals surface area (Å²) in [6.07, 6.45) is 5.28. The number of halogens is 1. The maximum absolute atomic E-state index is 12.7. The van der Waals surface area contributed by atoms with E-state index in [1.807, 2.05) is 24.3 Å². The number of fused-ring (bicyclic) bond motifs is 1. The van der Waals surface area contributed by atoms with E-state index < -0.39 is 0 Å². The molecule has 192 valence electrons. The highest BCUT2D eigenvalue weighted by Crippen LogP contribution is 2.35. The highest BCUT2D eigenvalue weighted by Gasteiger charge is 2.23. The lowest BCUT2D eigenvalue weighted by atomic mass is 9.89. The van der Waals surface area contributed by atoms with Gasteiger partial charge in [-0.2, -0.15) is 0 Å². The quantitative estimate of drug-likeness (QED) is 0.270. The highest BCUT2D eigenvalue weighted by molar-refractivity contribution is 6.35. The summed E-state index contributed by atoms with van der Waals surface area (Å²) < 4.78 is 5.18. The average molecular weight is 517 g/mol. The summed E-state index contributed by atoms with van der Waals surface area (Å²) in [5.41, 5.74) is 12.1. The van der Waals surface area contributed by atoms with Gasteiger partial charge in [0.1, 0.15) is 5.75 Å². The smallest absolute Gasteiger partial charge is 0.255 e. The van der Waals surface area contributed by atoms with Crippen LogP contribution in [0.15, 0.2) is 66.9 Å². The molecule has 1 aliphatic rings. The summed E-state index contributed by atoms with van der Waals surface area (Å²) >= 11 is 6.36. The van der Waals surface area contributed by atoms with Gasteiger partial charge in [0.25, 0.3) is 5.91 Å². The first-order valence-corrected chi connectivity index (χ1v) is 13.2. The van der Waals surface area contributed by atoms with Crippen LogP contribution in [0.25, 0.3) is 10.9 Å². The number of aromatic amines is 1. The minimum absolute atomic E-state index is 0.144. The van der Waals surface area contributed by atoms with E-state index in [1.54, 1.807) is 31.4 Å². The van der Waals surface area contributed by atoms with Crippen LogP contribution in [0.5, 0.6) is 5.75 Å². The van der Waals surface area contributed by atoms with Gasteiger partial charge in [0.2, 0.25) is 0 Å². The molecule has 0 saturated carbocycles. The monoisotopic (exact) mass is 516 g/mol. The van der Waals surface area contributed by atoms with Gasteiger partial charge >= 0.3 is 0 Å². The second-order valence-corrected chi connectivity index (χ2v) is 10.0. The molecular weight excluding hydrogens is 484 g/mol. The Morgan fingerprint density at radius 1 is 1.11 bits per heavy atom. The van der Waals surface area contributed by atoms with Crippen LogP contribution in [0, 0.1) is 0 Å². The molecule has 0 radical (unpaired) electrons. The van der Waals surface area contributed by atoms with Crippen molar-refractivity contribution in [1.82, 2.24) is 9.88 Å². The molecule has 3 aromatic carbocycles. The van der Waals surface area contributed by atoms with Gasteiger partial charge in [-0.25, -0.2) is 0 Å². The number of piperidine rings is 1. The number of ether oxygens (including phenoxy) is 1. The largest absolute Gasteiger partial charge is 0.497 e. The standard InChI is InChI=1S/C30H33ClN4O2/c1-37-25-9-6-21(7-10-25)30(36)34-24-8-5-23(18-32)22(17-24)13-16-35-14-11-20(12-15-35)27-19-33-29-26(27)3-2-4-28(29)31/h2-10,17,19-20,33H,11-16,18,32H2,1H3,(H,34,36). The summed E-state index contributed by atoms with van der Waals surface area (Å²) in [7, 11) is 1.61. The third kappa shape index (κ3) is 5.67. The number of amides is 1. The molecule has 1 saturated heterocycles. The van der Waals surface area contributed by atoms with Crippen molar-refractivity contribution in [2.75, 3.05) is 32.1 Å². The van der Waals surface area contributed by atoms with E-state index in [4.69, 9.17) is 22.1 Å². The van der Waals surface area contributed by atoms with E-state index in [0.29, 0.717) is 18.0 Å². The number of aromatic nitrogens is 1. The Morgan fingerprint density at radius 2 is 1.89 bits per heavy atom. The fourth-order valence-corrected chi connectivity index (χ4v) is 5.53. The summed E-state index contributed by atoms with van der Waals surface area (Å²) in [5, 5.41) is 5.04. The van der Waals surface area contributed by atoms with Gasteiger partial charge < -0.3 is 25.7 Å². The molecule has 1 fully saturated rings. The van der Waals surface area contributed by atoms with Gasteiger partial charge in [-0.1, -0.05) is 29.8 Å². The Labute approximate surface area is 222 Å². The normalized spacial score (nSPS) is 14.7. The van der Waals surface area contributed by atoms with Crippen molar-refractivity contribution in [2.45, 2.75) is 31.7 Å². The first kappa shape index (κ1) is 25.3. The number of carbonyl (C=O) groups is 1. The third-order valence-electron chi connectivity index (χ3n) is 7.46. The van der Waals surface area contributed by atoms with Crippen molar-refractivity contribution in [2.24, 2.45) is 5.73 Å². The Morgan fingerprint density at radius 3 is 2.62 bits per heavy atom. The third-order valence-corrected chi connectivity index (χ3v) is 7.77. The Bertz CT molecular complexity index is 1370. The van der Waals surface area contributed by atoms with Crippen LogP contribution in [-0.4, -0.2) is 42.5 Å². The Balaban J connectivity index is 1.19. The van der Waals surface area contributed by atoms with Crippen LogP contribution < -0.4 is 15.8 Å². The van der Waals surface area contributed by atoms with Crippen LogP contribution in [0.4, 0.5) is 5.69 Å². The summed E-state index contributed by atoms with van der Waals surface area (Å²) in [4.78, 5) is 18.6. The summed E-state index contributed by atoms with van der Waals surface area (Å²) in [5.74, 6) is 1.12. The predicted octanol–water partition coefficient (Wildman–Crippen LogP) is 5.96. The molecule has 7 heteroatoms. The van der Waals surface area contributed by atoms with Gasteiger partial charge in [0, 0.05) is 35.9 Å². The van der Waals surface area contributed by atoms with Crippen molar-refractivity contribution in [3.05, 3.63) is 94.1 Å². The van der Waals surface area contributed by atoms with E-state index >= 15 is 0 Å². The molecule has 2 heterocycles. The van der Waals surface area contributed by atoms with E-state index in [2.05, 4.69) is 33.5 Å². The molecule has 0 aliphatic carbocycles. The number of nitrogens with zero attached hydrogens (tertiary/aromatic N) is 1. The second kappa shape index (κ2) is 11.4. The number of nitrogens with one attached hydrogen (secondary N) is 2. The zero-order valence-corrected chi connectivity index (χ0v) is 21.9. The molecule has 0 spiro atoms. The summed E-state index contributed by atoms with van der Waals surface area (Å²) in [6, 6.07) is 19.2. The van der Waals surface area contributed by atoms with E-state index in [0.717, 1.165) is 66.4 Å². The number of rotatable bonds is 8. The van der Waals surface area contributed by atoms with Crippen LogP contribution in [0.3, 0.4) is 0 Å². The van der Waals surface area contributed by atoms with Crippen LogP contribution in [-0.2, 0) is 13.0 Å². The fraction of sp³-hybridized carbons (Fsp3) is 0.300. The molecule has 4 N–H and O–H groups in total. The van der Waals surface area contributed by atoms with E-state index in [-0.39, 0.29) is 5.91 Å². The molecule has 5 rings (SSSR count). The topological polar surface area (TPSA) is 83.4 Å². The number of methoxy groups -OCH3 is 1. The van der Waals surface area contributed by atoms with Crippen molar-refractivity contribution >= 4 is 34.1 Å². The summed E-state index contributed by atoms with van der Waals surface area (Å²) in [6.45, 7) is 3.57. The van der Waals surface area contributed by atoms with Gasteiger partial charge in [-0.3, -0.25) is 4.79 Å². The number of benzene rings is 3. The van der Waals surface area contributed by atoms with E-state index in [1.165, 1.54) is 16.5 Å². The van der Waals surface area contributed by atoms with E-state index in [9.17, 15) is 4.79 Å². The molecule has 1 amide bonds. The van der Waals surface area contributed by atoms with Crippen LogP contribution in [0.2, 0.25) is 5.02 Å². The molecule has 0 bridgehead atoms. The number of likely N-dealkylation sites (tertiary alicyclic amines) is 1. The minimum Gasteiger partial charge on any atom is -0.497 e. The minimum atomic E-state index is -0.144. The maximum Gasteiger partial charge on any atom is 0.255 e. The molecule has 1 aliphatic heterocycles. The highest BCUT2D eigenvalue weighted by atomic mass is 35.5. The molecule has 0 unspecified atom stereocenters. The fourth-order valence-electron chi connectivity index (χ4n) is 5.30. The number of anilines is 1. The zero-order chi connectivity index (χ0) is 25.8. The van der Waals surface area contributed by atoms with Gasteiger partial charge in [-0.15, -0.1) is 0 Å². The first-order chi connectivity index (χ1) is 18.1. The van der Waals surface area contributed by atoms with Crippen molar-refractivity contribution < 1.29 is 9.53 Å². The molecule has 37 heavy (non-hydrogen) atoms. The number of nitrogens with two attached hydrogens (primary N) is 1. The number of carbonyl (C=O) groups excluding carboxylic acids is 1. The van der Waals surface area contributed by atoms with Crippen molar-refractivity contribution in [1.29, 1.82) is 0 Å². The molecular formula is C30H33ClN4O2. The Hall–Kier alpha value is -3.32. The number of para-hydroxylation sites is 1. The lowest BCUT2D eigenvalue weighted by molar-refractivity contribution is 0.102. The van der Waals surface area contributed by atoms with Gasteiger partial charge in [-0.05, 0) is 97.4 Å². The lowest BCUT2D eigenvalue weighted by Gasteiger charge is -2.32. The number of H-pyrrole nitrogens is 1. The molecule has 4 aromatic rings. The molecule has 1 aromatic heterocycles.